The fourth-order valence-electron chi connectivity index (χ4n) is 4.75. The highest BCUT2D eigenvalue weighted by Crippen LogP contribution is 2.45. The second-order valence-electron chi connectivity index (χ2n) is 10.1. The van der Waals surface area contributed by atoms with E-state index in [1.54, 1.807) is 18.2 Å². The lowest BCUT2D eigenvalue weighted by Crippen LogP contribution is -2.22. The molecule has 0 bridgehead atoms. The SMILES string of the molecule is CCOc1cc(C2C(C#N)=C(N)Oc3cc(OC(=O)COc4ccc([N+](=O)[O-])cc4)ccc32)ccc1OCc1ccc(C)cc1. The van der Waals surface area contributed by atoms with Crippen molar-refractivity contribution in [3.8, 4) is 34.8 Å². The third-order valence-corrected chi connectivity index (χ3v) is 6.94. The fourth-order valence-corrected chi connectivity index (χ4v) is 4.75. The van der Waals surface area contributed by atoms with Crippen LogP contribution in [-0.2, 0) is 11.4 Å². The maximum Gasteiger partial charge on any atom is 0.349 e. The average Bonchev–Trinajstić information content (AvgIpc) is 3.03. The Balaban J connectivity index is 1.34. The smallest absolute Gasteiger partial charge is 0.349 e. The van der Waals surface area contributed by atoms with Gasteiger partial charge in [-0.3, -0.25) is 10.1 Å². The Morgan fingerprint density at radius 3 is 2.38 bits per heavy atom. The number of non-ortho nitro benzene ring substituents is 1. The minimum absolute atomic E-state index is 0.0716. The molecule has 0 aliphatic carbocycles. The van der Waals surface area contributed by atoms with Crippen LogP contribution in [0.5, 0.6) is 28.7 Å². The van der Waals surface area contributed by atoms with E-state index in [0.717, 1.165) is 16.7 Å². The van der Waals surface area contributed by atoms with E-state index in [0.29, 0.717) is 36.0 Å². The Hall–Kier alpha value is -6.02. The number of carbonyl (C=O) groups excluding carboxylic acids is 1. The van der Waals surface area contributed by atoms with Gasteiger partial charge in [0.1, 0.15) is 35.5 Å². The van der Waals surface area contributed by atoms with Gasteiger partial charge >= 0.3 is 5.97 Å². The Morgan fingerprint density at radius 1 is 0.956 bits per heavy atom. The summed E-state index contributed by atoms with van der Waals surface area (Å²) in [4.78, 5) is 22.8. The van der Waals surface area contributed by atoms with Crippen LogP contribution in [0.15, 0.2) is 96.4 Å². The first-order chi connectivity index (χ1) is 21.7. The Kier molecular flexibility index (Phi) is 9.15. The molecule has 45 heavy (non-hydrogen) atoms. The quantitative estimate of drug-likeness (QED) is 0.0917. The lowest BCUT2D eigenvalue weighted by molar-refractivity contribution is -0.384. The van der Waals surface area contributed by atoms with Gasteiger partial charge in [0.25, 0.3) is 5.69 Å². The summed E-state index contributed by atoms with van der Waals surface area (Å²) in [5.41, 5.74) is 9.85. The number of allylic oxidation sites excluding steroid dienone is 1. The average molecular weight is 608 g/mol. The van der Waals surface area contributed by atoms with E-state index in [4.69, 9.17) is 29.4 Å². The Bertz CT molecular complexity index is 1790. The first-order valence-corrected chi connectivity index (χ1v) is 14.0. The standard InChI is InChI=1S/C34H29N3O8/c1-3-41-31-16-23(8-15-29(31)43-19-22-6-4-21(2)5-7-22)33-27-14-13-26(17-30(27)45-34(36)28(33)18-35)44-32(38)20-42-25-11-9-24(10-12-25)37(39)40/h4-17,33H,3,19-20,36H2,1-2H3. The van der Waals surface area contributed by atoms with Crippen LogP contribution in [0, 0.1) is 28.4 Å². The second kappa shape index (κ2) is 13.5. The summed E-state index contributed by atoms with van der Waals surface area (Å²) in [6, 6.07) is 25.8. The topological polar surface area (TPSA) is 156 Å². The van der Waals surface area contributed by atoms with Crippen LogP contribution in [-0.4, -0.2) is 24.1 Å². The summed E-state index contributed by atoms with van der Waals surface area (Å²) >= 11 is 0. The Labute approximate surface area is 259 Å². The number of fused-ring (bicyclic) bond motifs is 1. The van der Waals surface area contributed by atoms with E-state index in [1.807, 2.05) is 50.2 Å². The highest BCUT2D eigenvalue weighted by atomic mass is 16.6. The number of nitrogens with zero attached hydrogens (tertiary/aromatic N) is 2. The lowest BCUT2D eigenvalue weighted by atomic mass is 9.83. The molecule has 1 unspecified atom stereocenters. The molecule has 11 nitrogen and oxygen atoms in total. The number of nitrogens with two attached hydrogens (primary N) is 1. The molecule has 11 heteroatoms. The monoisotopic (exact) mass is 607 g/mol. The highest BCUT2D eigenvalue weighted by Gasteiger charge is 2.32. The maximum absolute atomic E-state index is 12.5. The molecule has 5 rings (SSSR count). The van der Waals surface area contributed by atoms with Crippen LogP contribution in [0.1, 0.15) is 35.1 Å². The van der Waals surface area contributed by atoms with Crippen molar-refractivity contribution in [1.82, 2.24) is 0 Å². The highest BCUT2D eigenvalue weighted by molar-refractivity contribution is 5.74. The number of benzene rings is 4. The molecular formula is C34H29N3O8. The number of nitro benzene ring substituents is 1. The largest absolute Gasteiger partial charge is 0.490 e. The molecule has 1 aliphatic heterocycles. The van der Waals surface area contributed by atoms with Crippen LogP contribution < -0.4 is 29.4 Å². The number of aryl methyl sites for hydroxylation is 1. The number of nitro groups is 1. The van der Waals surface area contributed by atoms with Gasteiger partial charge in [0.15, 0.2) is 18.1 Å². The molecule has 228 valence electrons. The summed E-state index contributed by atoms with van der Waals surface area (Å²) in [5.74, 6) is 0.478. The Morgan fingerprint density at radius 2 is 1.69 bits per heavy atom. The molecular weight excluding hydrogens is 578 g/mol. The van der Waals surface area contributed by atoms with Crippen molar-refractivity contribution in [3.05, 3.63) is 129 Å². The van der Waals surface area contributed by atoms with Crippen LogP contribution >= 0.6 is 0 Å². The summed E-state index contributed by atoms with van der Waals surface area (Å²) in [6.07, 6.45) is 0. The van der Waals surface area contributed by atoms with Crippen molar-refractivity contribution in [2.75, 3.05) is 13.2 Å². The lowest BCUT2D eigenvalue weighted by Gasteiger charge is -2.27. The van der Waals surface area contributed by atoms with Crippen molar-refractivity contribution in [1.29, 1.82) is 5.26 Å². The molecule has 2 N–H and O–H groups in total. The zero-order chi connectivity index (χ0) is 31.9. The molecule has 0 spiro atoms. The predicted molar refractivity (Wildman–Crippen MR) is 163 cm³/mol. The summed E-state index contributed by atoms with van der Waals surface area (Å²) < 4.78 is 28.6. The number of esters is 1. The molecule has 0 aromatic heterocycles. The number of ether oxygens (including phenoxy) is 5. The van der Waals surface area contributed by atoms with Gasteiger partial charge in [-0.25, -0.2) is 4.79 Å². The van der Waals surface area contributed by atoms with Crippen molar-refractivity contribution >= 4 is 11.7 Å². The third kappa shape index (κ3) is 7.14. The zero-order valence-corrected chi connectivity index (χ0v) is 24.5. The van der Waals surface area contributed by atoms with Crippen molar-refractivity contribution in [3.63, 3.8) is 0 Å². The fraction of sp³-hybridized carbons (Fsp3) is 0.176. The number of hydrogen-bond donors (Lipinski definition) is 1. The summed E-state index contributed by atoms with van der Waals surface area (Å²) in [7, 11) is 0. The number of carbonyl (C=O) groups is 1. The molecule has 0 fully saturated rings. The minimum Gasteiger partial charge on any atom is -0.490 e. The van der Waals surface area contributed by atoms with Gasteiger partial charge in [-0.05, 0) is 55.3 Å². The van der Waals surface area contributed by atoms with Crippen LogP contribution in [0.25, 0.3) is 0 Å². The van der Waals surface area contributed by atoms with Crippen molar-refractivity contribution < 1.29 is 33.4 Å². The van der Waals surface area contributed by atoms with Gasteiger partial charge in [0.05, 0.1) is 17.4 Å². The molecule has 0 saturated heterocycles. The molecule has 4 aromatic carbocycles. The van der Waals surface area contributed by atoms with E-state index in [-0.39, 0.29) is 28.6 Å². The van der Waals surface area contributed by atoms with E-state index in [9.17, 15) is 20.2 Å². The molecule has 1 atom stereocenters. The molecule has 0 radical (unpaired) electrons. The second-order valence-corrected chi connectivity index (χ2v) is 10.1. The van der Waals surface area contributed by atoms with Gasteiger partial charge in [-0.15, -0.1) is 0 Å². The van der Waals surface area contributed by atoms with E-state index >= 15 is 0 Å². The molecule has 0 amide bonds. The summed E-state index contributed by atoms with van der Waals surface area (Å²) in [6.45, 7) is 4.23. The van der Waals surface area contributed by atoms with E-state index in [1.165, 1.54) is 30.3 Å². The van der Waals surface area contributed by atoms with E-state index in [2.05, 4.69) is 6.07 Å². The van der Waals surface area contributed by atoms with Gasteiger partial charge in [0.2, 0.25) is 5.88 Å². The minimum atomic E-state index is -0.704. The number of rotatable bonds is 11. The van der Waals surface area contributed by atoms with Crippen LogP contribution in [0.4, 0.5) is 5.69 Å². The zero-order valence-electron chi connectivity index (χ0n) is 24.5. The first-order valence-electron chi connectivity index (χ1n) is 14.0. The molecule has 1 aliphatic rings. The normalized spacial score (nSPS) is 13.6. The maximum atomic E-state index is 12.5. The molecule has 1 heterocycles. The first kappa shape index (κ1) is 30.4. The predicted octanol–water partition coefficient (Wildman–Crippen LogP) is 6.08. The van der Waals surface area contributed by atoms with Gasteiger partial charge < -0.3 is 29.4 Å². The van der Waals surface area contributed by atoms with Crippen LogP contribution in [0.3, 0.4) is 0 Å². The summed E-state index contributed by atoms with van der Waals surface area (Å²) in [5, 5.41) is 20.8. The number of hydrogen-bond acceptors (Lipinski definition) is 10. The van der Waals surface area contributed by atoms with E-state index < -0.39 is 23.4 Å². The van der Waals surface area contributed by atoms with Gasteiger partial charge in [-0.2, -0.15) is 5.26 Å². The van der Waals surface area contributed by atoms with Crippen molar-refractivity contribution in [2.45, 2.75) is 26.4 Å². The third-order valence-electron chi connectivity index (χ3n) is 6.94. The molecule has 0 saturated carbocycles. The number of nitriles is 1. The van der Waals surface area contributed by atoms with Gasteiger partial charge in [0, 0.05) is 23.8 Å². The van der Waals surface area contributed by atoms with Crippen molar-refractivity contribution in [2.24, 2.45) is 5.73 Å². The van der Waals surface area contributed by atoms with Gasteiger partial charge in [-0.1, -0.05) is 42.0 Å². The molecule has 4 aromatic rings. The van der Waals surface area contributed by atoms with Crippen LogP contribution in [0.2, 0.25) is 0 Å².